The van der Waals surface area contributed by atoms with E-state index in [4.69, 9.17) is 14.3 Å². The largest absolute Gasteiger partial charge is 0.446 e. The Morgan fingerprint density at radius 3 is 2.75 bits per heavy atom. The summed E-state index contributed by atoms with van der Waals surface area (Å²) < 4.78 is 35.4. The van der Waals surface area contributed by atoms with E-state index in [-0.39, 0.29) is 30.1 Å². The first-order chi connectivity index (χ1) is 7.49. The van der Waals surface area contributed by atoms with Gasteiger partial charge < -0.3 is 14.3 Å². The topological polar surface area (TPSA) is 88.8 Å². The number of sulfonamides is 1. The quantitative estimate of drug-likeness (QED) is 0.745. The summed E-state index contributed by atoms with van der Waals surface area (Å²) in [6.45, 7) is 1.57. The number of nitrogens with one attached hydrogen (secondary N) is 1. The van der Waals surface area contributed by atoms with Crippen LogP contribution in [0.1, 0.15) is 12.7 Å². The molecule has 92 valence electrons. The summed E-state index contributed by atoms with van der Waals surface area (Å²) in [4.78, 5) is 0. The van der Waals surface area contributed by atoms with Gasteiger partial charge in [0, 0.05) is 13.7 Å². The fraction of sp³-hybridized carbons (Fsp3) is 0.556. The monoisotopic (exact) mass is 249 g/mol. The lowest BCUT2D eigenvalue weighted by Gasteiger charge is -2.09. The third-order valence-corrected chi connectivity index (χ3v) is 3.32. The van der Waals surface area contributed by atoms with Crippen molar-refractivity contribution in [2.24, 2.45) is 0 Å². The van der Waals surface area contributed by atoms with Crippen LogP contribution in [-0.4, -0.2) is 33.3 Å². The summed E-state index contributed by atoms with van der Waals surface area (Å²) in [5.74, 6) is 0.208. The van der Waals surface area contributed by atoms with Gasteiger partial charge in [0.15, 0.2) is 0 Å². The van der Waals surface area contributed by atoms with E-state index in [9.17, 15) is 8.42 Å². The van der Waals surface area contributed by atoms with Crippen molar-refractivity contribution in [1.29, 1.82) is 0 Å². The maximum atomic E-state index is 11.6. The summed E-state index contributed by atoms with van der Waals surface area (Å²) in [6, 6.07) is 2.71. The third kappa shape index (κ3) is 3.31. The molecule has 0 bridgehead atoms. The number of aliphatic hydroxyl groups is 1. The highest BCUT2D eigenvalue weighted by molar-refractivity contribution is 7.89. The van der Waals surface area contributed by atoms with Gasteiger partial charge in [-0.2, -0.15) is 0 Å². The van der Waals surface area contributed by atoms with Crippen molar-refractivity contribution < 1.29 is 22.7 Å². The summed E-state index contributed by atoms with van der Waals surface area (Å²) in [7, 11) is -2.17. The molecule has 0 aliphatic rings. The summed E-state index contributed by atoms with van der Waals surface area (Å²) in [5.41, 5.74) is 0. The molecule has 1 atom stereocenters. The van der Waals surface area contributed by atoms with Crippen LogP contribution in [0.4, 0.5) is 0 Å². The lowest BCUT2D eigenvalue weighted by molar-refractivity contribution is 0.122. The maximum absolute atomic E-state index is 11.6. The predicted octanol–water partition coefficient (Wildman–Crippen LogP) is 0.0851. The average Bonchev–Trinajstić information content (AvgIpc) is 2.75. The molecule has 6 nitrogen and oxygen atoms in total. The number of furan rings is 1. The molecule has 0 aromatic carbocycles. The zero-order valence-corrected chi connectivity index (χ0v) is 9.95. The summed E-state index contributed by atoms with van der Waals surface area (Å²) >= 11 is 0. The Labute approximate surface area is 94.3 Å². The van der Waals surface area contributed by atoms with Gasteiger partial charge in [-0.25, -0.2) is 13.1 Å². The molecular formula is C9H15NO5S. The first kappa shape index (κ1) is 13.2. The van der Waals surface area contributed by atoms with Crippen LogP contribution in [0.2, 0.25) is 0 Å². The van der Waals surface area contributed by atoms with Crippen LogP contribution in [0.5, 0.6) is 0 Å². The van der Waals surface area contributed by atoms with E-state index in [1.807, 2.05) is 0 Å². The fourth-order valence-corrected chi connectivity index (χ4v) is 2.03. The molecule has 2 N–H and O–H groups in total. The van der Waals surface area contributed by atoms with E-state index in [1.165, 1.54) is 19.2 Å². The van der Waals surface area contributed by atoms with Crippen LogP contribution in [-0.2, 0) is 21.4 Å². The van der Waals surface area contributed by atoms with Gasteiger partial charge in [-0.3, -0.25) is 0 Å². The Kier molecular flexibility index (Phi) is 4.48. The Bertz CT molecular complexity index is 425. The van der Waals surface area contributed by atoms with Gasteiger partial charge in [-0.1, -0.05) is 0 Å². The van der Waals surface area contributed by atoms with Gasteiger partial charge in [-0.05, 0) is 19.1 Å². The first-order valence-electron chi connectivity index (χ1n) is 4.71. The minimum atomic E-state index is -3.66. The number of hydrogen-bond donors (Lipinski definition) is 2. The van der Waals surface area contributed by atoms with Crippen molar-refractivity contribution in [2.75, 3.05) is 13.7 Å². The highest BCUT2D eigenvalue weighted by atomic mass is 32.2. The molecule has 0 saturated heterocycles. The molecule has 7 heteroatoms. The second kappa shape index (κ2) is 5.44. The number of methoxy groups -OCH3 is 1. The van der Waals surface area contributed by atoms with Crippen LogP contribution in [0.15, 0.2) is 21.6 Å². The molecule has 1 unspecified atom stereocenters. The van der Waals surface area contributed by atoms with Crippen molar-refractivity contribution in [3.05, 3.63) is 17.9 Å². The number of rotatable bonds is 6. The van der Waals surface area contributed by atoms with E-state index >= 15 is 0 Å². The smallest absolute Gasteiger partial charge is 0.274 e. The SMILES string of the molecule is COC(C)CNS(=O)(=O)c1ccc(CO)o1. The Morgan fingerprint density at radius 1 is 1.56 bits per heavy atom. The highest BCUT2D eigenvalue weighted by Crippen LogP contribution is 2.13. The Hall–Kier alpha value is -0.890. The van der Waals surface area contributed by atoms with Gasteiger partial charge in [0.1, 0.15) is 12.4 Å². The van der Waals surface area contributed by atoms with E-state index in [2.05, 4.69) is 4.72 Å². The first-order valence-corrected chi connectivity index (χ1v) is 6.20. The van der Waals surface area contributed by atoms with Gasteiger partial charge in [0.05, 0.1) is 6.10 Å². The number of hydrogen-bond acceptors (Lipinski definition) is 5. The van der Waals surface area contributed by atoms with Crippen molar-refractivity contribution in [3.63, 3.8) is 0 Å². The second-order valence-electron chi connectivity index (χ2n) is 3.28. The highest BCUT2D eigenvalue weighted by Gasteiger charge is 2.19. The zero-order chi connectivity index (χ0) is 12.2. The van der Waals surface area contributed by atoms with E-state index in [0.717, 1.165) is 0 Å². The molecule has 0 radical (unpaired) electrons. The van der Waals surface area contributed by atoms with E-state index in [1.54, 1.807) is 6.92 Å². The van der Waals surface area contributed by atoms with Crippen LogP contribution in [0.25, 0.3) is 0 Å². The van der Waals surface area contributed by atoms with Crippen molar-refractivity contribution in [3.8, 4) is 0 Å². The van der Waals surface area contributed by atoms with E-state index < -0.39 is 10.0 Å². The molecule has 1 heterocycles. The van der Waals surface area contributed by atoms with Crippen LogP contribution >= 0.6 is 0 Å². The van der Waals surface area contributed by atoms with Crippen molar-refractivity contribution in [2.45, 2.75) is 24.7 Å². The van der Waals surface area contributed by atoms with Gasteiger partial charge in [0.2, 0.25) is 5.09 Å². The number of ether oxygens (including phenoxy) is 1. The average molecular weight is 249 g/mol. The third-order valence-electron chi connectivity index (χ3n) is 2.02. The standard InChI is InChI=1S/C9H15NO5S/c1-7(14-2)5-10-16(12,13)9-4-3-8(6-11)15-9/h3-4,7,10-11H,5-6H2,1-2H3. The van der Waals surface area contributed by atoms with Gasteiger partial charge in [-0.15, -0.1) is 0 Å². The summed E-state index contributed by atoms with van der Waals surface area (Å²) in [6.07, 6.45) is -0.220. The Morgan fingerprint density at radius 2 is 2.25 bits per heavy atom. The molecule has 16 heavy (non-hydrogen) atoms. The van der Waals surface area contributed by atoms with Crippen LogP contribution in [0.3, 0.4) is 0 Å². The maximum Gasteiger partial charge on any atom is 0.274 e. The molecule has 0 aliphatic heterocycles. The summed E-state index contributed by atoms with van der Waals surface area (Å²) in [5, 5.41) is 8.54. The molecule has 1 aromatic heterocycles. The molecule has 0 spiro atoms. The Balaban J connectivity index is 2.70. The second-order valence-corrected chi connectivity index (χ2v) is 4.97. The minimum Gasteiger partial charge on any atom is -0.446 e. The van der Waals surface area contributed by atoms with E-state index in [0.29, 0.717) is 0 Å². The van der Waals surface area contributed by atoms with Gasteiger partial charge in [0.25, 0.3) is 10.0 Å². The normalized spacial score (nSPS) is 13.9. The van der Waals surface area contributed by atoms with Gasteiger partial charge >= 0.3 is 0 Å². The molecule has 1 aromatic rings. The molecular weight excluding hydrogens is 234 g/mol. The molecule has 0 fully saturated rings. The molecule has 1 rings (SSSR count). The lowest BCUT2D eigenvalue weighted by Crippen LogP contribution is -2.31. The fourth-order valence-electron chi connectivity index (χ4n) is 0.969. The zero-order valence-electron chi connectivity index (χ0n) is 9.13. The molecule has 0 saturated carbocycles. The van der Waals surface area contributed by atoms with Crippen molar-refractivity contribution >= 4 is 10.0 Å². The number of aliphatic hydroxyl groups excluding tert-OH is 1. The van der Waals surface area contributed by atoms with Crippen molar-refractivity contribution in [1.82, 2.24) is 4.72 Å². The lowest BCUT2D eigenvalue weighted by atomic mass is 10.4. The predicted molar refractivity (Wildman–Crippen MR) is 56.3 cm³/mol. The van der Waals surface area contributed by atoms with Crippen LogP contribution in [0, 0.1) is 0 Å². The minimum absolute atomic E-state index is 0.161. The van der Waals surface area contributed by atoms with Crippen LogP contribution < -0.4 is 4.72 Å². The molecule has 0 aliphatic carbocycles. The molecule has 0 amide bonds.